The van der Waals surface area contributed by atoms with Gasteiger partial charge in [0.1, 0.15) is 0 Å². The molecule has 1 aliphatic carbocycles. The number of benzene rings is 1. The molecule has 19 heavy (non-hydrogen) atoms. The van der Waals surface area contributed by atoms with Gasteiger partial charge in [-0.25, -0.2) is 0 Å². The molecular weight excluding hydrogens is 236 g/mol. The van der Waals surface area contributed by atoms with Crippen molar-refractivity contribution in [2.24, 2.45) is 5.41 Å². The second-order valence-electron chi connectivity index (χ2n) is 7.18. The molecule has 0 heterocycles. The Morgan fingerprint density at radius 2 is 1.58 bits per heavy atom. The molecule has 0 aliphatic heterocycles. The fourth-order valence-electron chi connectivity index (χ4n) is 2.49. The number of hydrogen-bond donors (Lipinski definition) is 2. The number of aliphatic hydroxyl groups excluding tert-OH is 1. The molecule has 2 N–H and O–H groups in total. The smallest absolute Gasteiger partial charge is 0.0645 e. The largest absolute Gasteiger partial charge is 0.393 e. The van der Waals surface area contributed by atoms with Crippen molar-refractivity contribution in [1.82, 2.24) is 0 Å². The highest BCUT2D eigenvalue weighted by molar-refractivity contribution is 5.28. The molecular formula is C17H26O2. The van der Waals surface area contributed by atoms with Gasteiger partial charge in [-0.15, -0.1) is 0 Å². The molecule has 1 aromatic carbocycles. The Bertz CT molecular complexity index is 420. The van der Waals surface area contributed by atoms with Gasteiger partial charge in [0, 0.05) is 0 Å². The predicted molar refractivity (Wildman–Crippen MR) is 78.2 cm³/mol. The van der Waals surface area contributed by atoms with E-state index in [4.69, 9.17) is 0 Å². The summed E-state index contributed by atoms with van der Waals surface area (Å²) in [6.07, 6.45) is 2.56. The van der Waals surface area contributed by atoms with Gasteiger partial charge in [0.15, 0.2) is 0 Å². The van der Waals surface area contributed by atoms with Crippen LogP contribution in [0.5, 0.6) is 0 Å². The minimum atomic E-state index is -0.691. The second-order valence-corrected chi connectivity index (χ2v) is 7.18. The van der Waals surface area contributed by atoms with Crippen molar-refractivity contribution in [3.05, 3.63) is 35.4 Å². The number of rotatable bonds is 4. The Morgan fingerprint density at radius 3 is 2.00 bits per heavy atom. The summed E-state index contributed by atoms with van der Waals surface area (Å²) in [5.74, 6) is 0.534. The predicted octanol–water partition coefficient (Wildman–Crippen LogP) is 3.26. The Morgan fingerprint density at radius 1 is 1.05 bits per heavy atom. The van der Waals surface area contributed by atoms with Crippen molar-refractivity contribution < 1.29 is 10.2 Å². The summed E-state index contributed by atoms with van der Waals surface area (Å²) in [6, 6.07) is 8.67. The Balaban J connectivity index is 2.03. The van der Waals surface area contributed by atoms with Crippen LogP contribution in [-0.4, -0.2) is 21.9 Å². The molecule has 1 saturated carbocycles. The first kappa shape index (κ1) is 14.5. The molecule has 2 nitrogen and oxygen atoms in total. The molecule has 2 rings (SSSR count). The van der Waals surface area contributed by atoms with Crippen LogP contribution in [0.25, 0.3) is 0 Å². The first-order valence-corrected chi connectivity index (χ1v) is 7.18. The molecule has 0 amide bonds. The van der Waals surface area contributed by atoms with Gasteiger partial charge in [0.2, 0.25) is 0 Å². The van der Waals surface area contributed by atoms with E-state index in [1.165, 1.54) is 11.1 Å². The van der Waals surface area contributed by atoms with E-state index in [2.05, 4.69) is 38.1 Å². The first-order valence-electron chi connectivity index (χ1n) is 7.18. The third-order valence-electron chi connectivity index (χ3n) is 4.87. The average Bonchev–Trinajstić information content (AvgIpc) is 2.24. The lowest BCUT2D eigenvalue weighted by Crippen LogP contribution is -2.40. The van der Waals surface area contributed by atoms with Gasteiger partial charge in [0.25, 0.3) is 0 Å². The molecule has 0 atom stereocenters. The summed E-state index contributed by atoms with van der Waals surface area (Å²) in [4.78, 5) is 0. The zero-order valence-electron chi connectivity index (χ0n) is 12.5. The van der Waals surface area contributed by atoms with Crippen LogP contribution >= 0.6 is 0 Å². The Hall–Kier alpha value is -0.860. The van der Waals surface area contributed by atoms with Crippen LogP contribution in [0.15, 0.2) is 24.3 Å². The van der Waals surface area contributed by atoms with Crippen LogP contribution in [-0.2, 0) is 6.42 Å². The summed E-state index contributed by atoms with van der Waals surface area (Å²) < 4.78 is 0. The molecule has 1 aromatic rings. The van der Waals surface area contributed by atoms with Gasteiger partial charge in [-0.05, 0) is 55.6 Å². The summed E-state index contributed by atoms with van der Waals surface area (Å²) in [7, 11) is 0. The van der Waals surface area contributed by atoms with E-state index >= 15 is 0 Å². The van der Waals surface area contributed by atoms with Gasteiger partial charge in [-0.2, -0.15) is 0 Å². The summed E-state index contributed by atoms with van der Waals surface area (Å²) in [6.45, 7) is 7.95. The maximum atomic E-state index is 10.2. The number of aliphatic hydroxyl groups is 2. The van der Waals surface area contributed by atoms with Crippen LogP contribution < -0.4 is 0 Å². The molecule has 2 heteroatoms. The highest BCUT2D eigenvalue weighted by atomic mass is 16.3. The van der Waals surface area contributed by atoms with Crippen LogP contribution in [0.3, 0.4) is 0 Å². The average molecular weight is 262 g/mol. The van der Waals surface area contributed by atoms with E-state index in [0.29, 0.717) is 5.92 Å². The monoisotopic (exact) mass is 262 g/mol. The lowest BCUT2D eigenvalue weighted by Gasteiger charge is -2.37. The van der Waals surface area contributed by atoms with Crippen molar-refractivity contribution in [3.63, 3.8) is 0 Å². The number of hydrogen-bond acceptors (Lipinski definition) is 2. The van der Waals surface area contributed by atoms with E-state index in [0.717, 1.165) is 19.3 Å². The minimum absolute atomic E-state index is 0.0983. The van der Waals surface area contributed by atoms with Gasteiger partial charge in [-0.1, -0.05) is 38.1 Å². The zero-order chi connectivity index (χ0) is 14.3. The second kappa shape index (κ2) is 4.92. The third kappa shape index (κ3) is 3.18. The molecule has 0 bridgehead atoms. The van der Waals surface area contributed by atoms with Gasteiger partial charge in [0.05, 0.1) is 11.7 Å². The Kier molecular flexibility index (Phi) is 3.76. The molecule has 0 unspecified atom stereocenters. The van der Waals surface area contributed by atoms with E-state index in [1.807, 2.05) is 13.8 Å². The molecule has 0 aromatic heterocycles. The maximum Gasteiger partial charge on any atom is 0.0645 e. The van der Waals surface area contributed by atoms with Crippen molar-refractivity contribution in [2.45, 2.75) is 64.6 Å². The lowest BCUT2D eigenvalue weighted by atomic mass is 9.72. The van der Waals surface area contributed by atoms with Crippen molar-refractivity contribution >= 4 is 0 Å². The fourth-order valence-corrected chi connectivity index (χ4v) is 2.49. The maximum absolute atomic E-state index is 10.2. The van der Waals surface area contributed by atoms with Crippen LogP contribution in [0.4, 0.5) is 0 Å². The van der Waals surface area contributed by atoms with Crippen LogP contribution in [0, 0.1) is 5.41 Å². The molecule has 106 valence electrons. The lowest BCUT2D eigenvalue weighted by molar-refractivity contribution is -0.0344. The van der Waals surface area contributed by atoms with Crippen molar-refractivity contribution in [1.29, 1.82) is 0 Å². The summed E-state index contributed by atoms with van der Waals surface area (Å²) in [5, 5.41) is 19.5. The molecule has 1 fully saturated rings. The topological polar surface area (TPSA) is 40.5 Å². The normalized spacial score (nSPS) is 24.1. The minimum Gasteiger partial charge on any atom is -0.393 e. The van der Waals surface area contributed by atoms with Crippen LogP contribution in [0.1, 0.15) is 57.6 Å². The van der Waals surface area contributed by atoms with Crippen LogP contribution in [0.2, 0.25) is 0 Å². The SMILES string of the molecule is CC(C)(O)C(C)(C)Cc1ccc(C2CC(O)C2)cc1. The van der Waals surface area contributed by atoms with E-state index < -0.39 is 5.60 Å². The van der Waals surface area contributed by atoms with Gasteiger partial charge >= 0.3 is 0 Å². The van der Waals surface area contributed by atoms with E-state index in [9.17, 15) is 10.2 Å². The van der Waals surface area contributed by atoms with E-state index in [-0.39, 0.29) is 11.5 Å². The Labute approximate surface area is 116 Å². The third-order valence-corrected chi connectivity index (χ3v) is 4.87. The highest BCUT2D eigenvalue weighted by Crippen LogP contribution is 2.38. The highest BCUT2D eigenvalue weighted by Gasteiger charge is 2.35. The van der Waals surface area contributed by atoms with Crippen molar-refractivity contribution in [3.8, 4) is 0 Å². The molecule has 0 spiro atoms. The van der Waals surface area contributed by atoms with E-state index in [1.54, 1.807) is 0 Å². The summed E-state index contributed by atoms with van der Waals surface area (Å²) >= 11 is 0. The molecule has 0 saturated heterocycles. The standard InChI is InChI=1S/C17H26O2/c1-16(2,17(3,4)19)11-12-5-7-13(8-6-12)14-9-15(18)10-14/h5-8,14-15,18-19H,9-11H2,1-4H3. The fraction of sp³-hybridized carbons (Fsp3) is 0.647. The zero-order valence-corrected chi connectivity index (χ0v) is 12.5. The van der Waals surface area contributed by atoms with Gasteiger partial charge < -0.3 is 10.2 Å². The first-order chi connectivity index (χ1) is 8.69. The summed E-state index contributed by atoms with van der Waals surface area (Å²) in [5.41, 5.74) is 1.75. The van der Waals surface area contributed by atoms with Crippen molar-refractivity contribution in [2.75, 3.05) is 0 Å². The van der Waals surface area contributed by atoms with Gasteiger partial charge in [-0.3, -0.25) is 0 Å². The quantitative estimate of drug-likeness (QED) is 0.874. The molecule has 1 aliphatic rings. The molecule has 0 radical (unpaired) electrons.